The van der Waals surface area contributed by atoms with E-state index < -0.39 is 0 Å². The Bertz CT molecular complexity index is 250. The average molecular weight is 311 g/mol. The van der Waals surface area contributed by atoms with Crippen molar-refractivity contribution >= 4 is 7.92 Å². The summed E-state index contributed by atoms with van der Waals surface area (Å²) in [4.78, 5) is 0. The van der Waals surface area contributed by atoms with Gasteiger partial charge in [0.2, 0.25) is 0 Å². The van der Waals surface area contributed by atoms with Crippen molar-refractivity contribution in [3.8, 4) is 0 Å². The summed E-state index contributed by atoms with van der Waals surface area (Å²) < 4.78 is 0. The molecule has 0 aromatic rings. The van der Waals surface area contributed by atoms with Gasteiger partial charge in [-0.3, -0.25) is 0 Å². The van der Waals surface area contributed by atoms with Gasteiger partial charge in [-0.2, -0.15) is 0 Å². The Morgan fingerprint density at radius 2 is 1.43 bits per heavy atom. The molecular formula is C20H39P. The average Bonchev–Trinajstić information content (AvgIpc) is 2.51. The fourth-order valence-corrected chi connectivity index (χ4v) is 7.91. The van der Waals surface area contributed by atoms with Crippen molar-refractivity contribution in [2.45, 2.75) is 109 Å². The maximum absolute atomic E-state index is 2.31. The van der Waals surface area contributed by atoms with E-state index in [4.69, 9.17) is 0 Å². The summed E-state index contributed by atoms with van der Waals surface area (Å²) in [6, 6.07) is 0. The topological polar surface area (TPSA) is 0 Å². The molecule has 2 rings (SSSR count). The number of fused-ring (bicyclic) bond motifs is 2. The third-order valence-corrected chi connectivity index (χ3v) is 9.12. The second-order valence-electron chi connectivity index (χ2n) is 7.69. The zero-order chi connectivity index (χ0) is 14.8. The van der Waals surface area contributed by atoms with Crippen LogP contribution in [-0.4, -0.2) is 18.0 Å². The van der Waals surface area contributed by atoms with Crippen molar-refractivity contribution in [1.29, 1.82) is 0 Å². The van der Waals surface area contributed by atoms with Gasteiger partial charge in [-0.25, -0.2) is 0 Å². The fraction of sp³-hybridized carbons (Fsp3) is 1.00. The van der Waals surface area contributed by atoms with E-state index in [-0.39, 0.29) is 0 Å². The molecule has 0 aromatic carbocycles. The monoisotopic (exact) mass is 310 g/mol. The number of hydrogen-bond acceptors (Lipinski definition) is 0. The number of unbranched alkanes of at least 4 members (excludes halogenated alkanes) is 9. The lowest BCUT2D eigenvalue weighted by atomic mass is 9.86. The smallest absolute Gasteiger partial charge is 0.0207 e. The Kier molecular flexibility index (Phi) is 9.35. The minimum Gasteiger partial charge on any atom is -0.104 e. The summed E-state index contributed by atoms with van der Waals surface area (Å²) in [7, 11) is 0.455. The zero-order valence-electron chi connectivity index (χ0n) is 14.6. The lowest BCUT2D eigenvalue weighted by molar-refractivity contribution is 0.341. The third kappa shape index (κ3) is 7.02. The summed E-state index contributed by atoms with van der Waals surface area (Å²) in [5.41, 5.74) is 1.20. The largest absolute Gasteiger partial charge is 0.104 e. The van der Waals surface area contributed by atoms with Crippen LogP contribution in [0, 0.1) is 5.92 Å². The van der Waals surface area contributed by atoms with E-state index >= 15 is 0 Å². The van der Waals surface area contributed by atoms with Crippen molar-refractivity contribution in [2.24, 2.45) is 5.92 Å². The van der Waals surface area contributed by atoms with Crippen LogP contribution in [-0.2, 0) is 0 Å². The van der Waals surface area contributed by atoms with Gasteiger partial charge in [-0.1, -0.05) is 77.6 Å². The first kappa shape index (κ1) is 17.8. The molecule has 2 fully saturated rings. The lowest BCUT2D eigenvalue weighted by Gasteiger charge is -2.40. The molecule has 3 unspecified atom stereocenters. The molecule has 0 nitrogen and oxygen atoms in total. The van der Waals surface area contributed by atoms with Gasteiger partial charge < -0.3 is 0 Å². The van der Waals surface area contributed by atoms with Gasteiger partial charge in [0.1, 0.15) is 0 Å². The highest BCUT2D eigenvalue weighted by atomic mass is 31.1. The van der Waals surface area contributed by atoms with Gasteiger partial charge in [0.25, 0.3) is 0 Å². The van der Waals surface area contributed by atoms with Crippen LogP contribution in [0.4, 0.5) is 0 Å². The van der Waals surface area contributed by atoms with Gasteiger partial charge >= 0.3 is 0 Å². The van der Waals surface area contributed by atoms with Gasteiger partial charge in [0.05, 0.1) is 0 Å². The molecule has 0 spiro atoms. The molecule has 3 atom stereocenters. The van der Waals surface area contributed by atoms with E-state index in [0.717, 1.165) is 5.92 Å². The summed E-state index contributed by atoms with van der Waals surface area (Å²) in [6.45, 7) is 2.31. The predicted octanol–water partition coefficient (Wildman–Crippen LogP) is 7.35. The SMILES string of the molecule is CCCCCCCCCCCCP1CCC2CCCC1C2. The minimum absolute atomic E-state index is 0.455. The molecule has 1 heteroatoms. The first-order chi connectivity index (χ1) is 10.4. The molecule has 1 saturated heterocycles. The second kappa shape index (κ2) is 11.0. The quantitative estimate of drug-likeness (QED) is 0.276. The van der Waals surface area contributed by atoms with E-state index in [1.165, 1.54) is 63.4 Å². The third-order valence-electron chi connectivity index (χ3n) is 5.89. The first-order valence-electron chi connectivity index (χ1n) is 10.1. The van der Waals surface area contributed by atoms with Crippen molar-refractivity contribution in [3.05, 3.63) is 0 Å². The Morgan fingerprint density at radius 1 is 0.762 bits per heavy atom. The summed E-state index contributed by atoms with van der Waals surface area (Å²) in [6.07, 6.45) is 26.1. The highest BCUT2D eigenvalue weighted by Gasteiger charge is 2.32. The molecule has 1 saturated carbocycles. The van der Waals surface area contributed by atoms with Gasteiger partial charge in [0.15, 0.2) is 0 Å². The molecule has 124 valence electrons. The van der Waals surface area contributed by atoms with Crippen molar-refractivity contribution < 1.29 is 0 Å². The van der Waals surface area contributed by atoms with E-state index in [2.05, 4.69) is 6.92 Å². The maximum atomic E-state index is 2.31. The van der Waals surface area contributed by atoms with Crippen LogP contribution in [0.25, 0.3) is 0 Å². The number of rotatable bonds is 11. The normalized spacial score (nSPS) is 28.7. The fourth-order valence-electron chi connectivity index (χ4n) is 4.48. The van der Waals surface area contributed by atoms with Crippen LogP contribution >= 0.6 is 7.92 Å². The summed E-state index contributed by atoms with van der Waals surface area (Å²) >= 11 is 0. The van der Waals surface area contributed by atoms with Crippen LogP contribution in [0.2, 0.25) is 0 Å². The number of hydrogen-bond donors (Lipinski definition) is 0. The highest BCUT2D eigenvalue weighted by molar-refractivity contribution is 7.58. The Labute approximate surface area is 135 Å². The zero-order valence-corrected chi connectivity index (χ0v) is 15.5. The Morgan fingerprint density at radius 3 is 2.14 bits per heavy atom. The van der Waals surface area contributed by atoms with E-state index in [0.29, 0.717) is 7.92 Å². The molecule has 0 radical (unpaired) electrons. The van der Waals surface area contributed by atoms with E-state index in [1.807, 2.05) is 0 Å². The molecule has 1 aliphatic carbocycles. The molecule has 0 aromatic heterocycles. The first-order valence-corrected chi connectivity index (χ1v) is 11.9. The van der Waals surface area contributed by atoms with Crippen LogP contribution in [0.3, 0.4) is 0 Å². The highest BCUT2D eigenvalue weighted by Crippen LogP contribution is 2.55. The Balaban J connectivity index is 1.40. The molecule has 2 aliphatic rings. The molecule has 0 N–H and O–H groups in total. The van der Waals surface area contributed by atoms with Crippen LogP contribution in [0.5, 0.6) is 0 Å². The summed E-state index contributed by atoms with van der Waals surface area (Å²) in [5, 5.41) is 0. The van der Waals surface area contributed by atoms with Crippen molar-refractivity contribution in [1.82, 2.24) is 0 Å². The van der Waals surface area contributed by atoms with Gasteiger partial charge in [-0.15, -0.1) is 7.92 Å². The standard InChI is InChI=1S/C20H39P/c1-2-3-4-5-6-7-8-9-10-11-16-21-17-15-19-13-12-14-20(21)18-19/h19-20H,2-18H2,1H3. The molecule has 2 bridgehead atoms. The maximum Gasteiger partial charge on any atom is -0.0207 e. The van der Waals surface area contributed by atoms with Crippen molar-refractivity contribution in [3.63, 3.8) is 0 Å². The van der Waals surface area contributed by atoms with Gasteiger partial charge in [-0.05, 0) is 49.6 Å². The molecule has 1 aliphatic heterocycles. The van der Waals surface area contributed by atoms with E-state index in [1.54, 1.807) is 50.8 Å². The molecule has 21 heavy (non-hydrogen) atoms. The molecule has 1 heterocycles. The van der Waals surface area contributed by atoms with E-state index in [9.17, 15) is 0 Å². The van der Waals surface area contributed by atoms with Gasteiger partial charge in [0, 0.05) is 0 Å². The summed E-state index contributed by atoms with van der Waals surface area (Å²) in [5.74, 6) is 1.15. The van der Waals surface area contributed by atoms with Crippen LogP contribution in [0.1, 0.15) is 103 Å². The van der Waals surface area contributed by atoms with Crippen LogP contribution < -0.4 is 0 Å². The van der Waals surface area contributed by atoms with Crippen LogP contribution in [0.15, 0.2) is 0 Å². The molecular weight excluding hydrogens is 271 g/mol. The Hall–Kier alpha value is 0.430. The van der Waals surface area contributed by atoms with Crippen molar-refractivity contribution in [2.75, 3.05) is 12.3 Å². The minimum atomic E-state index is 0.455. The lowest BCUT2D eigenvalue weighted by Crippen LogP contribution is -2.26. The predicted molar refractivity (Wildman–Crippen MR) is 98.9 cm³/mol. The molecule has 0 amide bonds. The second-order valence-corrected chi connectivity index (χ2v) is 10.5.